The van der Waals surface area contributed by atoms with E-state index in [1.165, 1.54) is 5.57 Å². The largest absolute Gasteiger partial charge is 0.397 e. The van der Waals surface area contributed by atoms with Crippen LogP contribution in [0.5, 0.6) is 0 Å². The fourth-order valence-corrected chi connectivity index (χ4v) is 7.05. The van der Waals surface area contributed by atoms with Gasteiger partial charge in [0.05, 0.1) is 6.10 Å². The van der Waals surface area contributed by atoms with Gasteiger partial charge in [-0.1, -0.05) is 12.5 Å². The molecule has 0 aliphatic heterocycles. The van der Waals surface area contributed by atoms with E-state index in [1.807, 2.05) is 6.08 Å². The van der Waals surface area contributed by atoms with Gasteiger partial charge in [0.1, 0.15) is 0 Å². The molecule has 7 heteroatoms. The molecule has 3 fully saturated rings. The van der Waals surface area contributed by atoms with Gasteiger partial charge in [0.2, 0.25) is 0 Å². The maximum Gasteiger partial charge on any atom is 0.397 e. The summed E-state index contributed by atoms with van der Waals surface area (Å²) in [6, 6.07) is 0. The molecule has 4 aliphatic rings. The number of hydrogen-bond donors (Lipinski definition) is 1. The van der Waals surface area contributed by atoms with Crippen molar-refractivity contribution in [2.45, 2.75) is 64.4 Å². The van der Waals surface area contributed by atoms with Gasteiger partial charge in [-0.25, -0.2) is 4.18 Å². The van der Waals surface area contributed by atoms with Crippen molar-refractivity contribution in [1.82, 2.24) is 0 Å². The second-order valence-electron chi connectivity index (χ2n) is 8.44. The minimum atomic E-state index is -4.40. The first kappa shape index (κ1) is 20.0. The second kappa shape index (κ2) is 7.02. The predicted octanol–water partition coefficient (Wildman–Crippen LogP) is 2.94. The third-order valence-corrected chi connectivity index (χ3v) is 7.93. The van der Waals surface area contributed by atoms with Crippen LogP contribution in [0.3, 0.4) is 0 Å². The van der Waals surface area contributed by atoms with E-state index in [2.05, 4.69) is 6.92 Å². The van der Waals surface area contributed by atoms with Crippen molar-refractivity contribution in [1.29, 1.82) is 0 Å². The normalized spacial score (nSPS) is 43.4. The quantitative estimate of drug-likeness (QED) is 0.591. The summed E-state index contributed by atoms with van der Waals surface area (Å²) in [6.45, 7) is 2.15. The minimum absolute atomic E-state index is 0. The molecule has 3 saturated carbocycles. The average Bonchev–Trinajstić information content (AvgIpc) is 2.82. The summed E-state index contributed by atoms with van der Waals surface area (Å²) in [5.74, 6) is 2.51. The van der Waals surface area contributed by atoms with Crippen LogP contribution in [0, 0.1) is 29.1 Å². The molecule has 6 atom stereocenters. The summed E-state index contributed by atoms with van der Waals surface area (Å²) < 4.78 is 36.5. The molecular formula is C18H26NaO5S. The summed E-state index contributed by atoms with van der Waals surface area (Å²) in [4.78, 5) is 11.7. The van der Waals surface area contributed by atoms with E-state index in [0.717, 1.165) is 38.5 Å². The zero-order valence-electron chi connectivity index (χ0n) is 15.1. The molecule has 1 N–H and O–H groups in total. The molecular weight excluding hydrogens is 351 g/mol. The number of ketones is 1. The van der Waals surface area contributed by atoms with Crippen molar-refractivity contribution in [3.63, 3.8) is 0 Å². The van der Waals surface area contributed by atoms with Gasteiger partial charge in [0.25, 0.3) is 0 Å². The van der Waals surface area contributed by atoms with E-state index >= 15 is 0 Å². The van der Waals surface area contributed by atoms with Gasteiger partial charge in [0, 0.05) is 36.0 Å². The van der Waals surface area contributed by atoms with Crippen LogP contribution in [0.15, 0.2) is 11.6 Å². The fraction of sp³-hybridized carbons (Fsp3) is 0.833. The van der Waals surface area contributed by atoms with Crippen molar-refractivity contribution < 1.29 is 21.9 Å². The van der Waals surface area contributed by atoms with Gasteiger partial charge in [0.15, 0.2) is 5.78 Å². The number of carbonyl (C=O) groups excluding carboxylic acids is 1. The van der Waals surface area contributed by atoms with Crippen LogP contribution >= 0.6 is 0 Å². The first-order valence-corrected chi connectivity index (χ1v) is 10.5. The van der Waals surface area contributed by atoms with Crippen molar-refractivity contribution in [2.24, 2.45) is 29.1 Å². The van der Waals surface area contributed by atoms with Crippen molar-refractivity contribution in [2.75, 3.05) is 0 Å². The first-order valence-electron chi connectivity index (χ1n) is 9.17. The molecule has 0 amide bonds. The number of fused-ring (bicyclic) bond motifs is 5. The Morgan fingerprint density at radius 1 is 1.12 bits per heavy atom. The summed E-state index contributed by atoms with van der Waals surface area (Å²) >= 11 is 0. The van der Waals surface area contributed by atoms with E-state index in [0.29, 0.717) is 36.5 Å². The van der Waals surface area contributed by atoms with E-state index in [1.54, 1.807) is 0 Å². The molecule has 0 aromatic carbocycles. The third-order valence-electron chi connectivity index (χ3n) is 7.45. The molecule has 0 saturated heterocycles. The number of hydrogen-bond acceptors (Lipinski definition) is 4. The zero-order valence-corrected chi connectivity index (χ0v) is 17.9. The maximum absolute atomic E-state index is 11.7. The van der Waals surface area contributed by atoms with E-state index in [4.69, 9.17) is 8.74 Å². The summed E-state index contributed by atoms with van der Waals surface area (Å²) in [5.41, 5.74) is 1.20. The van der Waals surface area contributed by atoms with Crippen LogP contribution < -0.4 is 0 Å². The summed E-state index contributed by atoms with van der Waals surface area (Å²) in [5, 5.41) is 0. The minimum Gasteiger partial charge on any atom is -0.295 e. The number of rotatable bonds is 2. The van der Waals surface area contributed by atoms with Crippen LogP contribution in [0.4, 0.5) is 0 Å². The Hall–Kier alpha value is 0.280. The molecule has 135 valence electrons. The van der Waals surface area contributed by atoms with Gasteiger partial charge in [-0.2, -0.15) is 8.42 Å². The van der Waals surface area contributed by atoms with E-state index in [-0.39, 0.29) is 40.8 Å². The van der Waals surface area contributed by atoms with Gasteiger partial charge in [-0.3, -0.25) is 9.35 Å². The smallest absolute Gasteiger partial charge is 0.295 e. The Morgan fingerprint density at radius 3 is 2.60 bits per heavy atom. The van der Waals surface area contributed by atoms with Gasteiger partial charge in [-0.15, -0.1) is 0 Å². The molecule has 0 spiro atoms. The van der Waals surface area contributed by atoms with Gasteiger partial charge < -0.3 is 0 Å². The Balaban J connectivity index is 0.00000182. The van der Waals surface area contributed by atoms with Crippen LogP contribution in [0.1, 0.15) is 58.3 Å². The predicted molar refractivity (Wildman–Crippen MR) is 94.3 cm³/mol. The molecule has 0 aromatic heterocycles. The molecule has 1 radical (unpaired) electrons. The summed E-state index contributed by atoms with van der Waals surface area (Å²) in [7, 11) is -4.40. The fourth-order valence-electron chi connectivity index (χ4n) is 6.44. The van der Waals surface area contributed by atoms with Gasteiger partial charge >= 0.3 is 10.4 Å². The van der Waals surface area contributed by atoms with Crippen molar-refractivity contribution >= 4 is 45.7 Å². The molecule has 0 aromatic rings. The van der Waals surface area contributed by atoms with E-state index in [9.17, 15) is 13.2 Å². The SMILES string of the molecule is C[C@]12CC[C@H]3[C@@H](CCC4=CC(=O)CC[C@@H]43)[C@@H]1CC[C@@H]2OS(=O)(=O)O.[Na]. The molecule has 0 heterocycles. The van der Waals surface area contributed by atoms with Crippen LogP contribution in [0.2, 0.25) is 0 Å². The Labute approximate surface area is 172 Å². The first-order chi connectivity index (χ1) is 11.3. The van der Waals surface area contributed by atoms with Crippen LogP contribution in [-0.2, 0) is 19.4 Å². The Kier molecular flexibility index (Phi) is 5.63. The standard InChI is InChI=1S/C18H26O5S.Na/c1-18-9-8-14-13-5-3-12(19)10-11(13)2-4-15(14)16(18)6-7-17(18)23-24(20,21)22;/h10,13-17H,2-9H2,1H3,(H,20,21,22);/t13-,14+,15+,16-,17-,18-;/m0./s1. The molecule has 25 heavy (non-hydrogen) atoms. The second-order valence-corrected chi connectivity index (χ2v) is 9.49. The molecule has 5 nitrogen and oxygen atoms in total. The molecule has 0 unspecified atom stereocenters. The molecule has 4 rings (SSSR count). The molecule has 4 aliphatic carbocycles. The number of carbonyl (C=O) groups is 1. The number of allylic oxidation sites excluding steroid dienone is 1. The molecule has 0 bridgehead atoms. The van der Waals surface area contributed by atoms with Crippen molar-refractivity contribution in [3.05, 3.63) is 11.6 Å². The Bertz CT molecular complexity index is 688. The monoisotopic (exact) mass is 377 g/mol. The van der Waals surface area contributed by atoms with Crippen LogP contribution in [-0.4, -0.2) is 54.4 Å². The topological polar surface area (TPSA) is 80.7 Å². The van der Waals surface area contributed by atoms with E-state index < -0.39 is 16.5 Å². The average molecular weight is 377 g/mol. The zero-order chi connectivity index (χ0) is 17.1. The van der Waals surface area contributed by atoms with Gasteiger partial charge in [-0.05, 0) is 80.1 Å². The van der Waals surface area contributed by atoms with Crippen LogP contribution in [0.25, 0.3) is 0 Å². The third kappa shape index (κ3) is 3.55. The maximum atomic E-state index is 11.7. The van der Waals surface area contributed by atoms with Crippen molar-refractivity contribution in [3.8, 4) is 0 Å². The Morgan fingerprint density at radius 2 is 1.88 bits per heavy atom. The summed E-state index contributed by atoms with van der Waals surface area (Å²) in [6.07, 6.45) is 8.95.